The molecule has 0 aromatic carbocycles. The van der Waals surface area contributed by atoms with Gasteiger partial charge in [-0.25, -0.2) is 0 Å². The van der Waals surface area contributed by atoms with Gasteiger partial charge in [0.1, 0.15) is 0 Å². The van der Waals surface area contributed by atoms with Gasteiger partial charge in [0, 0.05) is 24.7 Å². The summed E-state index contributed by atoms with van der Waals surface area (Å²) >= 11 is 0. The molecular formula is C11H13N3O2. The largest absolute Gasteiger partial charge is 0.425 e. The number of hydrogen-bond acceptors (Lipinski definition) is 5. The van der Waals surface area contributed by atoms with E-state index in [-0.39, 0.29) is 6.61 Å². The number of aromatic nitrogens is 3. The molecule has 0 bridgehead atoms. The van der Waals surface area contributed by atoms with E-state index in [0.717, 1.165) is 12.1 Å². The highest BCUT2D eigenvalue weighted by Gasteiger charge is 2.05. The van der Waals surface area contributed by atoms with Crippen molar-refractivity contribution in [2.75, 3.05) is 6.61 Å². The van der Waals surface area contributed by atoms with Crippen LogP contribution >= 0.6 is 0 Å². The second kappa shape index (κ2) is 5.37. The molecule has 2 heterocycles. The van der Waals surface area contributed by atoms with Gasteiger partial charge in [0.15, 0.2) is 0 Å². The van der Waals surface area contributed by atoms with Gasteiger partial charge in [-0.3, -0.25) is 4.98 Å². The normalized spacial score (nSPS) is 10.6. The van der Waals surface area contributed by atoms with Crippen LogP contribution in [0.5, 0.6) is 0 Å². The minimum absolute atomic E-state index is 0.0296. The molecule has 1 N–H and O–H groups in total. The zero-order chi connectivity index (χ0) is 11.2. The molecular weight excluding hydrogens is 206 g/mol. The fourth-order valence-corrected chi connectivity index (χ4v) is 1.37. The van der Waals surface area contributed by atoms with Crippen molar-refractivity contribution in [1.82, 2.24) is 15.2 Å². The lowest BCUT2D eigenvalue weighted by atomic mass is 10.2. The zero-order valence-corrected chi connectivity index (χ0v) is 8.83. The maximum Gasteiger partial charge on any atom is 0.218 e. The Bertz CT molecular complexity index is 428. The van der Waals surface area contributed by atoms with Gasteiger partial charge in [0.05, 0.1) is 6.61 Å². The molecule has 0 amide bonds. The average molecular weight is 219 g/mol. The Hall–Kier alpha value is -1.75. The number of nitrogens with zero attached hydrogens (tertiary/aromatic N) is 3. The first-order chi connectivity index (χ1) is 7.88. The first-order valence-electron chi connectivity index (χ1n) is 5.20. The summed E-state index contributed by atoms with van der Waals surface area (Å²) in [7, 11) is 0. The summed E-state index contributed by atoms with van der Waals surface area (Å²) < 4.78 is 5.34. The van der Waals surface area contributed by atoms with Crippen LogP contribution in [-0.2, 0) is 19.3 Å². The molecule has 0 fully saturated rings. The van der Waals surface area contributed by atoms with Crippen LogP contribution in [0.15, 0.2) is 28.8 Å². The third-order valence-electron chi connectivity index (χ3n) is 2.16. The molecule has 2 aromatic rings. The Morgan fingerprint density at radius 3 is 2.56 bits per heavy atom. The van der Waals surface area contributed by atoms with E-state index in [1.165, 1.54) is 0 Å². The Morgan fingerprint density at radius 2 is 1.88 bits per heavy atom. The number of aryl methyl sites for hydroxylation is 2. The van der Waals surface area contributed by atoms with E-state index in [1.807, 2.05) is 18.2 Å². The van der Waals surface area contributed by atoms with Crippen LogP contribution in [0.4, 0.5) is 0 Å². The molecule has 0 aliphatic rings. The van der Waals surface area contributed by atoms with Crippen molar-refractivity contribution in [3.63, 3.8) is 0 Å². The molecule has 16 heavy (non-hydrogen) atoms. The van der Waals surface area contributed by atoms with Gasteiger partial charge >= 0.3 is 0 Å². The molecule has 5 heteroatoms. The van der Waals surface area contributed by atoms with Crippen LogP contribution in [0.3, 0.4) is 0 Å². The zero-order valence-electron chi connectivity index (χ0n) is 8.83. The molecule has 0 atom stereocenters. The summed E-state index contributed by atoms with van der Waals surface area (Å²) in [6, 6.07) is 5.80. The van der Waals surface area contributed by atoms with E-state index in [9.17, 15) is 0 Å². The Morgan fingerprint density at radius 1 is 1.06 bits per heavy atom. The third-order valence-corrected chi connectivity index (χ3v) is 2.16. The lowest BCUT2D eigenvalue weighted by Gasteiger charge is -1.95. The summed E-state index contributed by atoms with van der Waals surface area (Å²) in [5.41, 5.74) is 1.00. The first kappa shape index (κ1) is 10.8. The number of pyridine rings is 1. The van der Waals surface area contributed by atoms with Crippen molar-refractivity contribution in [3.8, 4) is 0 Å². The van der Waals surface area contributed by atoms with Crippen LogP contribution in [0, 0.1) is 0 Å². The second-order valence-electron chi connectivity index (χ2n) is 3.38. The predicted octanol–water partition coefficient (Wildman–Crippen LogP) is 0.785. The minimum atomic E-state index is 0.0296. The Labute approximate surface area is 93.2 Å². The maximum absolute atomic E-state index is 8.70. The quantitative estimate of drug-likeness (QED) is 0.804. The Kier molecular flexibility index (Phi) is 3.61. The van der Waals surface area contributed by atoms with Crippen LogP contribution in [0.25, 0.3) is 0 Å². The standard InChI is InChI=1S/C11H13N3O2/c15-8-6-11-14-13-10(16-11)5-4-9-3-1-2-7-12-9/h1-3,7,15H,4-6,8H2. The van der Waals surface area contributed by atoms with Gasteiger partial charge in [-0.1, -0.05) is 6.07 Å². The molecule has 0 aliphatic heterocycles. The lowest BCUT2D eigenvalue weighted by Crippen LogP contribution is -1.93. The number of aliphatic hydroxyl groups is 1. The van der Waals surface area contributed by atoms with Gasteiger partial charge in [-0.2, -0.15) is 0 Å². The molecule has 2 aromatic heterocycles. The SMILES string of the molecule is OCCc1nnc(CCc2ccccn2)o1. The van der Waals surface area contributed by atoms with Crippen LogP contribution in [0.1, 0.15) is 17.5 Å². The van der Waals surface area contributed by atoms with Crippen LogP contribution in [-0.4, -0.2) is 26.9 Å². The fourth-order valence-electron chi connectivity index (χ4n) is 1.37. The highest BCUT2D eigenvalue weighted by Crippen LogP contribution is 2.05. The second-order valence-corrected chi connectivity index (χ2v) is 3.38. The first-order valence-corrected chi connectivity index (χ1v) is 5.20. The molecule has 0 radical (unpaired) electrons. The van der Waals surface area contributed by atoms with E-state index in [4.69, 9.17) is 9.52 Å². The lowest BCUT2D eigenvalue weighted by molar-refractivity contribution is 0.283. The summed E-state index contributed by atoms with van der Waals surface area (Å²) in [6.45, 7) is 0.0296. The monoisotopic (exact) mass is 219 g/mol. The van der Waals surface area contributed by atoms with Gasteiger partial charge < -0.3 is 9.52 Å². The molecule has 0 saturated heterocycles. The van der Waals surface area contributed by atoms with E-state index < -0.39 is 0 Å². The van der Waals surface area contributed by atoms with Gasteiger partial charge in [0.2, 0.25) is 11.8 Å². The fraction of sp³-hybridized carbons (Fsp3) is 0.364. The molecule has 2 rings (SSSR count). The summed E-state index contributed by atoms with van der Waals surface area (Å²) in [4.78, 5) is 4.21. The highest BCUT2D eigenvalue weighted by molar-refractivity contribution is 5.04. The Balaban J connectivity index is 1.89. The number of hydrogen-bond donors (Lipinski definition) is 1. The molecule has 84 valence electrons. The molecule has 0 spiro atoms. The summed E-state index contributed by atoms with van der Waals surface area (Å²) in [5.74, 6) is 1.08. The van der Waals surface area contributed by atoms with Crippen molar-refractivity contribution >= 4 is 0 Å². The van der Waals surface area contributed by atoms with E-state index >= 15 is 0 Å². The number of aliphatic hydroxyl groups excluding tert-OH is 1. The van der Waals surface area contributed by atoms with Crippen LogP contribution < -0.4 is 0 Å². The minimum Gasteiger partial charge on any atom is -0.425 e. The van der Waals surface area contributed by atoms with Gasteiger partial charge in [0.25, 0.3) is 0 Å². The smallest absolute Gasteiger partial charge is 0.218 e. The van der Waals surface area contributed by atoms with Crippen molar-refractivity contribution in [2.24, 2.45) is 0 Å². The van der Waals surface area contributed by atoms with Crippen molar-refractivity contribution in [2.45, 2.75) is 19.3 Å². The van der Waals surface area contributed by atoms with E-state index in [0.29, 0.717) is 24.6 Å². The predicted molar refractivity (Wildman–Crippen MR) is 56.7 cm³/mol. The van der Waals surface area contributed by atoms with E-state index in [1.54, 1.807) is 6.20 Å². The van der Waals surface area contributed by atoms with Crippen molar-refractivity contribution < 1.29 is 9.52 Å². The van der Waals surface area contributed by atoms with E-state index in [2.05, 4.69) is 15.2 Å². The molecule has 0 unspecified atom stereocenters. The summed E-state index contributed by atoms with van der Waals surface area (Å²) in [5, 5.41) is 16.4. The molecule has 5 nitrogen and oxygen atoms in total. The molecule has 0 saturated carbocycles. The highest BCUT2D eigenvalue weighted by atomic mass is 16.4. The maximum atomic E-state index is 8.70. The van der Waals surface area contributed by atoms with Gasteiger partial charge in [-0.15, -0.1) is 10.2 Å². The van der Waals surface area contributed by atoms with Crippen molar-refractivity contribution in [1.29, 1.82) is 0 Å². The third kappa shape index (κ3) is 2.87. The van der Waals surface area contributed by atoms with Gasteiger partial charge in [-0.05, 0) is 18.6 Å². The topological polar surface area (TPSA) is 72.0 Å². The van der Waals surface area contributed by atoms with Crippen LogP contribution in [0.2, 0.25) is 0 Å². The number of rotatable bonds is 5. The average Bonchev–Trinajstić information content (AvgIpc) is 2.76. The molecule has 0 aliphatic carbocycles. The summed E-state index contributed by atoms with van der Waals surface area (Å²) in [6.07, 6.45) is 3.63. The van der Waals surface area contributed by atoms with Crippen molar-refractivity contribution in [3.05, 3.63) is 41.9 Å².